The normalized spacial score (nSPS) is 18.8. The monoisotopic (exact) mass is 567 g/mol. The van der Waals surface area contributed by atoms with E-state index < -0.39 is 6.68 Å². The SMILES string of the molecule is Cc1ccccc1.FC(F)F.O=C(c1ccc(N2CCC(C3CCN(CO)CC3)CC2)cc1Cl)N1CCCC1. The Bertz CT molecular complexity index is 989. The highest BCUT2D eigenvalue weighted by Crippen LogP contribution is 2.35. The Labute approximate surface area is 235 Å². The fraction of sp³-hybridized carbons (Fsp3) is 0.567. The number of anilines is 1. The van der Waals surface area contributed by atoms with E-state index in [0.717, 1.165) is 69.6 Å². The molecular weight excluding hydrogens is 527 g/mol. The second-order valence-corrected chi connectivity index (χ2v) is 10.9. The summed E-state index contributed by atoms with van der Waals surface area (Å²) < 4.78 is 29.0. The van der Waals surface area contributed by atoms with Crippen LogP contribution in [0.3, 0.4) is 0 Å². The van der Waals surface area contributed by atoms with Gasteiger partial charge in [-0.15, -0.1) is 0 Å². The summed E-state index contributed by atoms with van der Waals surface area (Å²) in [6.07, 6.45) is 7.05. The molecule has 5 rings (SSSR count). The Balaban J connectivity index is 0.000000320. The molecule has 3 aliphatic heterocycles. The van der Waals surface area contributed by atoms with E-state index in [-0.39, 0.29) is 12.6 Å². The Kier molecular flexibility index (Phi) is 12.9. The number of nitrogens with zero attached hydrogens (tertiary/aromatic N) is 3. The summed E-state index contributed by atoms with van der Waals surface area (Å²) in [4.78, 5) is 19.1. The third kappa shape index (κ3) is 10.00. The molecule has 1 amide bonds. The van der Waals surface area contributed by atoms with Crippen molar-refractivity contribution in [1.82, 2.24) is 9.80 Å². The lowest BCUT2D eigenvalue weighted by atomic mass is 9.79. The van der Waals surface area contributed by atoms with Gasteiger partial charge in [0.2, 0.25) is 0 Å². The van der Waals surface area contributed by atoms with Crippen molar-refractivity contribution in [2.45, 2.75) is 52.1 Å². The molecule has 39 heavy (non-hydrogen) atoms. The average Bonchev–Trinajstić information content (AvgIpc) is 3.49. The van der Waals surface area contributed by atoms with Gasteiger partial charge < -0.3 is 14.9 Å². The number of rotatable bonds is 4. The number of hydrogen-bond acceptors (Lipinski definition) is 4. The van der Waals surface area contributed by atoms with Crippen LogP contribution in [0.2, 0.25) is 5.02 Å². The van der Waals surface area contributed by atoms with E-state index in [1.807, 2.05) is 35.2 Å². The first kappa shape index (κ1) is 31.2. The number of benzene rings is 2. The van der Waals surface area contributed by atoms with Gasteiger partial charge in [-0.2, -0.15) is 13.2 Å². The van der Waals surface area contributed by atoms with Gasteiger partial charge in [0.05, 0.1) is 17.3 Å². The lowest BCUT2D eigenvalue weighted by Crippen LogP contribution is -2.41. The fourth-order valence-corrected chi connectivity index (χ4v) is 5.95. The predicted molar refractivity (Wildman–Crippen MR) is 151 cm³/mol. The van der Waals surface area contributed by atoms with E-state index in [4.69, 9.17) is 11.6 Å². The summed E-state index contributed by atoms with van der Waals surface area (Å²) in [6.45, 7) is 4.49. The smallest absolute Gasteiger partial charge is 0.379 e. The van der Waals surface area contributed by atoms with Crippen LogP contribution in [0, 0.1) is 18.8 Å². The first-order chi connectivity index (χ1) is 18.8. The summed E-state index contributed by atoms with van der Waals surface area (Å²) in [5.74, 6) is 1.67. The number of halogens is 4. The summed E-state index contributed by atoms with van der Waals surface area (Å²) in [7, 11) is 0. The zero-order chi connectivity index (χ0) is 28.2. The van der Waals surface area contributed by atoms with Gasteiger partial charge in [0.15, 0.2) is 0 Å². The topological polar surface area (TPSA) is 47.0 Å². The Hall–Kier alpha value is -2.29. The van der Waals surface area contributed by atoms with Crippen molar-refractivity contribution in [3.63, 3.8) is 0 Å². The third-order valence-corrected chi connectivity index (χ3v) is 8.23. The highest BCUT2D eigenvalue weighted by Gasteiger charge is 2.30. The van der Waals surface area contributed by atoms with Gasteiger partial charge >= 0.3 is 6.68 Å². The van der Waals surface area contributed by atoms with E-state index in [1.54, 1.807) is 0 Å². The molecule has 1 N–H and O–H groups in total. The molecule has 0 bridgehead atoms. The maximum Gasteiger partial charge on any atom is 0.379 e. The minimum absolute atomic E-state index is 0.0713. The first-order valence-electron chi connectivity index (χ1n) is 13.9. The number of amides is 1. The number of carbonyl (C=O) groups is 1. The standard InChI is InChI=1S/C22H32ClN3O2.C7H8.CHF3/c23-21-15-19(3-4-20(21)22(28)26-9-1-2-10-26)25-13-7-18(8-14-25)17-5-11-24(16-27)12-6-17;1-7-5-3-2-4-6-7;2-1(3)4/h3-4,15,17-18,27H,1-2,5-14,16H2;2-6H,1H3;1H. The molecule has 0 radical (unpaired) electrons. The van der Waals surface area contributed by atoms with Crippen LogP contribution in [0.4, 0.5) is 18.9 Å². The Morgan fingerprint density at radius 1 is 0.897 bits per heavy atom. The molecule has 5 nitrogen and oxygen atoms in total. The van der Waals surface area contributed by atoms with Gasteiger partial charge in [0.25, 0.3) is 5.91 Å². The van der Waals surface area contributed by atoms with Crippen LogP contribution < -0.4 is 4.90 Å². The lowest BCUT2D eigenvalue weighted by molar-refractivity contribution is 0.00818. The highest BCUT2D eigenvalue weighted by molar-refractivity contribution is 6.34. The molecule has 0 aliphatic carbocycles. The van der Waals surface area contributed by atoms with Crippen molar-refractivity contribution in [2.24, 2.45) is 11.8 Å². The molecule has 9 heteroatoms. The zero-order valence-electron chi connectivity index (χ0n) is 22.8. The second-order valence-electron chi connectivity index (χ2n) is 10.5. The number of likely N-dealkylation sites (tertiary alicyclic amines) is 2. The summed E-state index contributed by atoms with van der Waals surface area (Å²) in [5.41, 5.74) is 3.09. The van der Waals surface area contributed by atoms with Gasteiger partial charge in [0.1, 0.15) is 0 Å². The van der Waals surface area contributed by atoms with Crippen molar-refractivity contribution in [2.75, 3.05) is 50.9 Å². The Morgan fingerprint density at radius 2 is 1.44 bits per heavy atom. The molecule has 0 unspecified atom stereocenters. The van der Waals surface area contributed by atoms with Gasteiger partial charge in [-0.25, -0.2) is 0 Å². The molecule has 3 heterocycles. The van der Waals surface area contributed by atoms with E-state index >= 15 is 0 Å². The minimum atomic E-state index is -3.67. The Morgan fingerprint density at radius 3 is 1.90 bits per heavy atom. The summed E-state index contributed by atoms with van der Waals surface area (Å²) >= 11 is 6.50. The number of hydrogen-bond donors (Lipinski definition) is 1. The van der Waals surface area contributed by atoms with Crippen LogP contribution >= 0.6 is 11.6 Å². The maximum absolute atomic E-state index is 12.6. The number of piperidine rings is 2. The first-order valence-corrected chi connectivity index (χ1v) is 14.3. The number of carbonyl (C=O) groups excluding carboxylic acids is 1. The largest absolute Gasteiger partial charge is 0.381 e. The number of aryl methyl sites for hydroxylation is 1. The number of aliphatic hydroxyl groups excluding tert-OH is 1. The lowest BCUT2D eigenvalue weighted by Gasteiger charge is -2.40. The van der Waals surface area contributed by atoms with Crippen LogP contribution in [0.5, 0.6) is 0 Å². The van der Waals surface area contributed by atoms with Crippen LogP contribution in [0.15, 0.2) is 48.5 Å². The molecule has 0 atom stereocenters. The summed E-state index contributed by atoms with van der Waals surface area (Å²) in [5, 5.41) is 9.85. The van der Waals surface area contributed by atoms with Gasteiger partial charge in [-0.1, -0.05) is 47.5 Å². The van der Waals surface area contributed by atoms with Gasteiger partial charge in [-0.05, 0) is 75.5 Å². The number of aliphatic hydroxyl groups is 1. The van der Waals surface area contributed by atoms with E-state index in [2.05, 4.69) is 34.9 Å². The average molecular weight is 568 g/mol. The van der Waals surface area contributed by atoms with Crippen molar-refractivity contribution >= 4 is 23.2 Å². The molecule has 2 aromatic rings. The van der Waals surface area contributed by atoms with Crippen LogP contribution in [0.25, 0.3) is 0 Å². The van der Waals surface area contributed by atoms with Crippen molar-refractivity contribution in [1.29, 1.82) is 0 Å². The maximum atomic E-state index is 12.6. The molecule has 0 spiro atoms. The quantitative estimate of drug-likeness (QED) is 0.451. The van der Waals surface area contributed by atoms with Gasteiger partial charge in [-0.3, -0.25) is 9.69 Å². The second kappa shape index (κ2) is 16.1. The molecule has 3 fully saturated rings. The van der Waals surface area contributed by atoms with Crippen LogP contribution in [-0.4, -0.2) is 73.5 Å². The molecule has 2 aromatic carbocycles. The molecule has 0 aromatic heterocycles. The highest BCUT2D eigenvalue weighted by atomic mass is 35.5. The molecular formula is C30H41ClF3N3O2. The van der Waals surface area contributed by atoms with E-state index in [1.165, 1.54) is 31.2 Å². The molecule has 0 saturated carbocycles. The van der Waals surface area contributed by atoms with E-state index in [0.29, 0.717) is 10.6 Å². The van der Waals surface area contributed by atoms with Crippen LogP contribution in [-0.2, 0) is 0 Å². The van der Waals surface area contributed by atoms with Crippen LogP contribution in [0.1, 0.15) is 54.4 Å². The van der Waals surface area contributed by atoms with Crippen molar-refractivity contribution in [3.8, 4) is 0 Å². The third-order valence-electron chi connectivity index (χ3n) is 7.92. The predicted octanol–water partition coefficient (Wildman–Crippen LogP) is 6.63. The zero-order valence-corrected chi connectivity index (χ0v) is 23.5. The van der Waals surface area contributed by atoms with Crippen molar-refractivity contribution < 1.29 is 23.1 Å². The minimum Gasteiger partial charge on any atom is -0.381 e. The number of alkyl halides is 3. The molecule has 3 aliphatic rings. The molecule has 3 saturated heterocycles. The van der Waals surface area contributed by atoms with E-state index in [9.17, 15) is 23.1 Å². The molecule has 216 valence electrons. The fourth-order valence-electron chi connectivity index (χ4n) is 5.69. The summed E-state index contributed by atoms with van der Waals surface area (Å²) in [6, 6.07) is 16.2. The van der Waals surface area contributed by atoms with Gasteiger partial charge in [0, 0.05) is 45.0 Å². The van der Waals surface area contributed by atoms with Crippen molar-refractivity contribution in [3.05, 3.63) is 64.7 Å².